The van der Waals surface area contributed by atoms with E-state index >= 15 is 0 Å². The maximum atomic E-state index is 12.6. The first-order valence-corrected chi connectivity index (χ1v) is 10.2. The highest BCUT2D eigenvalue weighted by molar-refractivity contribution is 5.92. The molecule has 0 atom stereocenters. The summed E-state index contributed by atoms with van der Waals surface area (Å²) in [6.45, 7) is 2.51. The number of carbonyl (C=O) groups is 1. The zero-order valence-electron chi connectivity index (χ0n) is 17.6. The number of carboxylic acids is 1. The van der Waals surface area contributed by atoms with Crippen LogP contribution < -0.4 is 15.5 Å². The van der Waals surface area contributed by atoms with Crippen molar-refractivity contribution in [2.24, 2.45) is 0 Å². The fourth-order valence-electron chi connectivity index (χ4n) is 3.35. The van der Waals surface area contributed by atoms with Crippen molar-refractivity contribution in [2.75, 3.05) is 5.32 Å². The van der Waals surface area contributed by atoms with Gasteiger partial charge in [-0.2, -0.15) is 10.2 Å². The van der Waals surface area contributed by atoms with Crippen LogP contribution in [-0.2, 0) is 6.54 Å². The lowest BCUT2D eigenvalue weighted by atomic mass is 10.1. The van der Waals surface area contributed by atoms with E-state index in [9.17, 15) is 14.7 Å². The summed E-state index contributed by atoms with van der Waals surface area (Å²) < 4.78 is 7.63. The van der Waals surface area contributed by atoms with Crippen molar-refractivity contribution in [3.05, 3.63) is 82.3 Å². The van der Waals surface area contributed by atoms with Gasteiger partial charge in [0.2, 0.25) is 17.3 Å². The molecule has 0 aliphatic rings. The molecule has 4 aromatic rings. The zero-order chi connectivity index (χ0) is 23.4. The van der Waals surface area contributed by atoms with Crippen LogP contribution in [0.3, 0.4) is 0 Å². The molecule has 0 fully saturated rings. The third-order valence-corrected chi connectivity index (χ3v) is 4.87. The minimum absolute atomic E-state index is 0.265. The molecule has 0 bridgehead atoms. The van der Waals surface area contributed by atoms with Crippen LogP contribution in [0.5, 0.6) is 11.6 Å². The first-order valence-electron chi connectivity index (χ1n) is 10.2. The Bertz CT molecular complexity index is 1440. The average Bonchev–Trinajstić information content (AvgIpc) is 2.81. The number of nitrogens with zero attached hydrogens (tertiary/aromatic N) is 4. The van der Waals surface area contributed by atoms with E-state index in [4.69, 9.17) is 10.00 Å². The quantitative estimate of drug-likeness (QED) is 0.434. The standard InChI is InChI=1S/C24H19N5O4/c1-2-11-29-14-19(23(31)32)22(30)18-8-7-17(12-20(18)29)33-21-9-10-26-24(28-21)27-16-5-3-15(13-25)4-6-16/h3-10,12,14H,2,11H2,1H3,(H,31,32)(H,26,27,28). The molecule has 164 valence electrons. The number of hydrogen-bond donors (Lipinski definition) is 2. The number of pyridine rings is 1. The molecule has 33 heavy (non-hydrogen) atoms. The van der Waals surface area contributed by atoms with Gasteiger partial charge in [-0.1, -0.05) is 6.92 Å². The Balaban J connectivity index is 1.63. The summed E-state index contributed by atoms with van der Waals surface area (Å²) in [5, 5.41) is 21.6. The number of aryl methyl sites for hydroxylation is 1. The normalized spacial score (nSPS) is 10.5. The molecule has 9 heteroatoms. The van der Waals surface area contributed by atoms with Gasteiger partial charge >= 0.3 is 5.97 Å². The molecule has 0 saturated heterocycles. The van der Waals surface area contributed by atoms with Gasteiger partial charge in [-0.05, 0) is 42.8 Å². The predicted octanol–water partition coefficient (Wildman–Crippen LogP) is 4.31. The summed E-state index contributed by atoms with van der Waals surface area (Å²) in [5.74, 6) is -0.216. The minimum Gasteiger partial charge on any atom is -0.477 e. The van der Waals surface area contributed by atoms with E-state index in [1.807, 2.05) is 6.92 Å². The van der Waals surface area contributed by atoms with E-state index in [-0.39, 0.29) is 11.4 Å². The molecule has 0 radical (unpaired) electrons. The molecule has 0 amide bonds. The topological polar surface area (TPSA) is 130 Å². The van der Waals surface area contributed by atoms with Gasteiger partial charge in [0, 0.05) is 42.1 Å². The third kappa shape index (κ3) is 4.65. The average molecular weight is 441 g/mol. The molecule has 4 rings (SSSR count). The summed E-state index contributed by atoms with van der Waals surface area (Å²) in [6.07, 6.45) is 3.67. The number of aromatic carboxylic acids is 1. The second-order valence-corrected chi connectivity index (χ2v) is 7.18. The van der Waals surface area contributed by atoms with Crippen molar-refractivity contribution in [3.8, 4) is 17.7 Å². The molecule has 2 heterocycles. The van der Waals surface area contributed by atoms with Crippen LogP contribution >= 0.6 is 0 Å². The Hall–Kier alpha value is -4.71. The Morgan fingerprint density at radius 3 is 2.70 bits per heavy atom. The molecule has 0 saturated carbocycles. The van der Waals surface area contributed by atoms with Crippen molar-refractivity contribution in [3.63, 3.8) is 0 Å². The largest absolute Gasteiger partial charge is 0.477 e. The van der Waals surface area contributed by atoms with Crippen molar-refractivity contribution in [1.29, 1.82) is 5.26 Å². The summed E-state index contributed by atoms with van der Waals surface area (Å²) in [5.41, 5.74) is 1.04. The van der Waals surface area contributed by atoms with Gasteiger partial charge in [-0.25, -0.2) is 9.78 Å². The Morgan fingerprint density at radius 1 is 1.21 bits per heavy atom. The number of nitriles is 1. The Labute approximate surface area is 188 Å². The second-order valence-electron chi connectivity index (χ2n) is 7.18. The molecule has 0 aliphatic carbocycles. The van der Waals surface area contributed by atoms with E-state index in [1.165, 1.54) is 6.20 Å². The van der Waals surface area contributed by atoms with Gasteiger partial charge in [0.25, 0.3) is 0 Å². The number of ether oxygens (including phenoxy) is 1. The molecule has 2 aromatic carbocycles. The van der Waals surface area contributed by atoms with Crippen LogP contribution in [0.15, 0.2) is 65.7 Å². The van der Waals surface area contributed by atoms with Crippen molar-refractivity contribution in [1.82, 2.24) is 14.5 Å². The predicted molar refractivity (Wildman–Crippen MR) is 122 cm³/mol. The zero-order valence-corrected chi connectivity index (χ0v) is 17.6. The van der Waals surface area contributed by atoms with Gasteiger partial charge in [0.05, 0.1) is 17.1 Å². The number of rotatable bonds is 7. The molecular formula is C24H19N5O4. The molecule has 2 N–H and O–H groups in total. The number of anilines is 2. The number of fused-ring (bicyclic) bond motifs is 1. The van der Waals surface area contributed by atoms with Crippen LogP contribution in [0, 0.1) is 11.3 Å². The Kier molecular flexibility index (Phi) is 6.00. The minimum atomic E-state index is -1.25. The van der Waals surface area contributed by atoms with E-state index in [0.717, 1.165) is 12.1 Å². The van der Waals surface area contributed by atoms with Crippen LogP contribution in [0.2, 0.25) is 0 Å². The van der Waals surface area contributed by atoms with Crippen molar-refractivity contribution in [2.45, 2.75) is 19.9 Å². The van der Waals surface area contributed by atoms with Crippen molar-refractivity contribution < 1.29 is 14.6 Å². The lowest BCUT2D eigenvalue weighted by Gasteiger charge is -2.13. The van der Waals surface area contributed by atoms with Gasteiger partial charge in [-0.3, -0.25) is 4.79 Å². The molecular weight excluding hydrogens is 422 g/mol. The highest BCUT2D eigenvalue weighted by Crippen LogP contribution is 2.25. The van der Waals surface area contributed by atoms with Gasteiger partial charge in [-0.15, -0.1) is 0 Å². The summed E-state index contributed by atoms with van der Waals surface area (Å²) in [7, 11) is 0. The first kappa shape index (κ1) is 21.5. The van der Waals surface area contributed by atoms with Gasteiger partial charge in [0.15, 0.2) is 0 Å². The summed E-state index contributed by atoms with van der Waals surface area (Å²) in [6, 6.07) is 15.4. The molecule has 0 unspecified atom stereocenters. The second kappa shape index (κ2) is 9.20. The Morgan fingerprint density at radius 2 is 2.00 bits per heavy atom. The van der Waals surface area contributed by atoms with Crippen molar-refractivity contribution >= 4 is 28.5 Å². The maximum Gasteiger partial charge on any atom is 0.341 e. The molecule has 9 nitrogen and oxygen atoms in total. The summed E-state index contributed by atoms with van der Waals surface area (Å²) in [4.78, 5) is 32.5. The van der Waals surface area contributed by atoms with Gasteiger partial charge < -0.3 is 19.7 Å². The number of aromatic nitrogens is 3. The van der Waals surface area contributed by atoms with E-state index in [1.54, 1.807) is 59.3 Å². The van der Waals surface area contributed by atoms with E-state index in [2.05, 4.69) is 21.4 Å². The maximum absolute atomic E-state index is 12.6. The van der Waals surface area contributed by atoms with Gasteiger partial charge in [0.1, 0.15) is 11.3 Å². The smallest absolute Gasteiger partial charge is 0.341 e. The fraction of sp³-hybridized carbons (Fsp3) is 0.125. The fourth-order valence-corrected chi connectivity index (χ4v) is 3.35. The van der Waals surface area contributed by atoms with E-state index < -0.39 is 11.4 Å². The highest BCUT2D eigenvalue weighted by Gasteiger charge is 2.15. The highest BCUT2D eigenvalue weighted by atomic mass is 16.5. The van der Waals surface area contributed by atoms with Crippen LogP contribution in [-0.4, -0.2) is 25.6 Å². The van der Waals surface area contributed by atoms with Crippen LogP contribution in [0.4, 0.5) is 11.6 Å². The van der Waals surface area contributed by atoms with Crippen LogP contribution in [0.25, 0.3) is 10.9 Å². The number of carboxylic acid groups (broad SMARTS) is 1. The lowest BCUT2D eigenvalue weighted by molar-refractivity contribution is 0.0695. The third-order valence-electron chi connectivity index (χ3n) is 4.87. The first-order chi connectivity index (χ1) is 16.0. The van der Waals surface area contributed by atoms with Crippen LogP contribution in [0.1, 0.15) is 29.3 Å². The summed E-state index contributed by atoms with van der Waals surface area (Å²) >= 11 is 0. The number of benzene rings is 2. The SMILES string of the molecule is CCCn1cc(C(=O)O)c(=O)c2ccc(Oc3ccnc(Nc4ccc(C#N)cc4)n3)cc21. The number of hydrogen-bond acceptors (Lipinski definition) is 7. The molecule has 2 aromatic heterocycles. The lowest BCUT2D eigenvalue weighted by Crippen LogP contribution is -2.19. The molecule has 0 aliphatic heterocycles. The monoisotopic (exact) mass is 441 g/mol. The van der Waals surface area contributed by atoms with E-state index in [0.29, 0.717) is 34.7 Å². The number of nitrogens with one attached hydrogen (secondary N) is 1. The molecule has 0 spiro atoms.